The number of anilines is 1. The number of piperidine rings is 1. The lowest BCUT2D eigenvalue weighted by atomic mass is 10.1. The predicted molar refractivity (Wildman–Crippen MR) is 65.1 cm³/mol. The minimum absolute atomic E-state index is 0.457. The van der Waals surface area contributed by atoms with E-state index < -0.39 is 0 Å². The Hall–Kier alpha value is -1.53. The van der Waals surface area contributed by atoms with Crippen molar-refractivity contribution in [2.24, 2.45) is 0 Å². The molecule has 1 saturated heterocycles. The summed E-state index contributed by atoms with van der Waals surface area (Å²) in [6, 6.07) is 7.36. The van der Waals surface area contributed by atoms with Crippen LogP contribution in [0.15, 0.2) is 18.2 Å². The number of hydrogen-bond donors (Lipinski definition) is 1. The topological polar surface area (TPSA) is 50.9 Å². The van der Waals surface area contributed by atoms with Crippen molar-refractivity contribution in [2.75, 3.05) is 11.4 Å². The van der Waals surface area contributed by atoms with E-state index in [1.165, 1.54) is 0 Å². The molecular formula is C12H12ClN3. The number of halogens is 1. The third-order valence-electron chi connectivity index (χ3n) is 2.76. The molecule has 1 aliphatic rings. The van der Waals surface area contributed by atoms with Crippen LogP contribution in [0.5, 0.6) is 0 Å². The molecule has 1 N–H and O–H groups in total. The molecule has 1 aromatic carbocycles. The van der Waals surface area contributed by atoms with Crippen LogP contribution in [0.2, 0.25) is 5.02 Å². The highest BCUT2D eigenvalue weighted by atomic mass is 35.5. The summed E-state index contributed by atoms with van der Waals surface area (Å²) in [6.45, 7) is 0.862. The van der Waals surface area contributed by atoms with Crippen LogP contribution in [-0.2, 0) is 0 Å². The highest BCUT2D eigenvalue weighted by molar-refractivity contribution is 6.32. The monoisotopic (exact) mass is 233 g/mol. The van der Waals surface area contributed by atoms with Crippen LogP contribution in [0, 0.1) is 16.7 Å². The van der Waals surface area contributed by atoms with Gasteiger partial charge >= 0.3 is 0 Å². The highest BCUT2D eigenvalue weighted by Crippen LogP contribution is 2.26. The first-order valence-electron chi connectivity index (χ1n) is 5.27. The molecule has 82 valence electrons. The van der Waals surface area contributed by atoms with E-state index in [9.17, 15) is 0 Å². The van der Waals surface area contributed by atoms with Crippen molar-refractivity contribution in [3.05, 3.63) is 28.8 Å². The van der Waals surface area contributed by atoms with E-state index >= 15 is 0 Å². The Morgan fingerprint density at radius 3 is 2.81 bits per heavy atom. The Labute approximate surface area is 99.8 Å². The van der Waals surface area contributed by atoms with Gasteiger partial charge in [0.05, 0.1) is 10.6 Å². The molecule has 1 aromatic rings. The number of amidine groups is 1. The lowest BCUT2D eigenvalue weighted by molar-refractivity contribution is 0.707. The first kappa shape index (κ1) is 11.0. The minimum atomic E-state index is 0.457. The molecule has 0 saturated carbocycles. The number of nitrogens with one attached hydrogen (secondary N) is 1. The Morgan fingerprint density at radius 2 is 2.19 bits per heavy atom. The van der Waals surface area contributed by atoms with Crippen molar-refractivity contribution in [3.8, 4) is 6.07 Å². The lowest BCUT2D eigenvalue weighted by Gasteiger charge is -2.29. The van der Waals surface area contributed by atoms with Gasteiger partial charge in [0, 0.05) is 18.7 Å². The second-order valence-electron chi connectivity index (χ2n) is 3.83. The first-order valence-corrected chi connectivity index (χ1v) is 5.65. The predicted octanol–water partition coefficient (Wildman–Crippen LogP) is 3.18. The van der Waals surface area contributed by atoms with Gasteiger partial charge in [-0.05, 0) is 31.0 Å². The number of rotatable bonds is 1. The number of nitrogens with zero attached hydrogens (tertiary/aromatic N) is 2. The largest absolute Gasteiger partial charge is 0.330 e. The van der Waals surface area contributed by atoms with Crippen molar-refractivity contribution in [1.82, 2.24) is 0 Å². The van der Waals surface area contributed by atoms with Gasteiger partial charge < -0.3 is 4.90 Å². The minimum Gasteiger partial charge on any atom is -0.330 e. The van der Waals surface area contributed by atoms with Gasteiger partial charge in [-0.15, -0.1) is 0 Å². The van der Waals surface area contributed by atoms with E-state index in [0.29, 0.717) is 16.4 Å². The molecule has 0 atom stereocenters. The van der Waals surface area contributed by atoms with E-state index in [4.69, 9.17) is 22.3 Å². The Kier molecular flexibility index (Phi) is 3.12. The lowest BCUT2D eigenvalue weighted by Crippen LogP contribution is -2.34. The van der Waals surface area contributed by atoms with E-state index in [2.05, 4.69) is 0 Å². The maximum absolute atomic E-state index is 8.78. The molecule has 0 aromatic heterocycles. The van der Waals surface area contributed by atoms with Crippen LogP contribution >= 0.6 is 11.6 Å². The van der Waals surface area contributed by atoms with Crippen LogP contribution in [0.4, 0.5) is 5.69 Å². The zero-order valence-corrected chi connectivity index (χ0v) is 9.59. The molecule has 16 heavy (non-hydrogen) atoms. The summed E-state index contributed by atoms with van der Waals surface area (Å²) in [5, 5.41) is 17.1. The average molecular weight is 234 g/mol. The van der Waals surface area contributed by atoms with Gasteiger partial charge in [0.1, 0.15) is 11.9 Å². The second kappa shape index (κ2) is 4.54. The van der Waals surface area contributed by atoms with Crippen molar-refractivity contribution < 1.29 is 0 Å². The van der Waals surface area contributed by atoms with Gasteiger partial charge in [-0.2, -0.15) is 5.26 Å². The third-order valence-corrected chi connectivity index (χ3v) is 3.07. The standard InChI is InChI=1S/C12H12ClN3/c13-11-7-10(5-4-9(11)8-14)16-6-2-1-3-12(16)15/h4-5,7,15H,1-3,6H2. The van der Waals surface area contributed by atoms with Gasteiger partial charge in [-0.25, -0.2) is 0 Å². The molecule has 1 aliphatic heterocycles. The Morgan fingerprint density at radius 1 is 1.38 bits per heavy atom. The molecule has 0 aliphatic carbocycles. The molecule has 4 heteroatoms. The van der Waals surface area contributed by atoms with Crippen LogP contribution in [0.3, 0.4) is 0 Å². The van der Waals surface area contributed by atoms with Gasteiger partial charge in [0.2, 0.25) is 0 Å². The summed E-state index contributed by atoms with van der Waals surface area (Å²) in [4.78, 5) is 1.95. The summed E-state index contributed by atoms with van der Waals surface area (Å²) in [7, 11) is 0. The molecule has 1 fully saturated rings. The smallest absolute Gasteiger partial charge is 0.101 e. The first-order chi connectivity index (χ1) is 7.72. The maximum Gasteiger partial charge on any atom is 0.101 e. The van der Waals surface area contributed by atoms with E-state index in [0.717, 1.165) is 31.5 Å². The molecule has 0 unspecified atom stereocenters. The number of hydrogen-bond acceptors (Lipinski definition) is 2. The molecule has 3 nitrogen and oxygen atoms in total. The summed E-state index contributed by atoms with van der Waals surface area (Å²) >= 11 is 5.98. The zero-order valence-electron chi connectivity index (χ0n) is 8.83. The normalized spacial score (nSPS) is 16.0. The van der Waals surface area contributed by atoms with E-state index in [1.54, 1.807) is 12.1 Å². The van der Waals surface area contributed by atoms with Crippen molar-refractivity contribution in [2.45, 2.75) is 19.3 Å². The van der Waals surface area contributed by atoms with Gasteiger partial charge in [0.25, 0.3) is 0 Å². The molecule has 2 rings (SSSR count). The van der Waals surface area contributed by atoms with Gasteiger partial charge in [-0.1, -0.05) is 11.6 Å². The van der Waals surface area contributed by atoms with Crippen LogP contribution in [0.1, 0.15) is 24.8 Å². The maximum atomic E-state index is 8.78. The quantitative estimate of drug-likeness (QED) is 0.810. The molecule has 0 amide bonds. The third kappa shape index (κ3) is 2.02. The Balaban J connectivity index is 2.30. The van der Waals surface area contributed by atoms with Crippen LogP contribution in [0.25, 0.3) is 0 Å². The average Bonchev–Trinajstić information content (AvgIpc) is 2.29. The molecule has 0 radical (unpaired) electrons. The zero-order chi connectivity index (χ0) is 11.5. The van der Waals surface area contributed by atoms with Crippen LogP contribution in [-0.4, -0.2) is 12.4 Å². The van der Waals surface area contributed by atoms with Gasteiger partial charge in [-0.3, -0.25) is 5.41 Å². The van der Waals surface area contributed by atoms with Crippen molar-refractivity contribution in [3.63, 3.8) is 0 Å². The SMILES string of the molecule is N#Cc1ccc(N2CCCCC2=N)cc1Cl. The van der Waals surface area contributed by atoms with Crippen LogP contribution < -0.4 is 4.90 Å². The molecular weight excluding hydrogens is 222 g/mol. The number of benzene rings is 1. The van der Waals surface area contributed by atoms with E-state index in [1.807, 2.05) is 17.0 Å². The fourth-order valence-corrected chi connectivity index (χ4v) is 2.10. The fourth-order valence-electron chi connectivity index (χ4n) is 1.88. The molecule has 0 spiro atoms. The summed E-state index contributed by atoms with van der Waals surface area (Å²) < 4.78 is 0. The van der Waals surface area contributed by atoms with Crippen molar-refractivity contribution in [1.29, 1.82) is 10.7 Å². The summed E-state index contributed by atoms with van der Waals surface area (Å²) in [6.07, 6.45) is 3.00. The second-order valence-corrected chi connectivity index (χ2v) is 4.24. The van der Waals surface area contributed by atoms with Gasteiger partial charge in [0.15, 0.2) is 0 Å². The van der Waals surface area contributed by atoms with E-state index in [-0.39, 0.29) is 0 Å². The number of nitriles is 1. The molecule has 1 heterocycles. The fraction of sp³-hybridized carbons (Fsp3) is 0.333. The molecule has 0 bridgehead atoms. The van der Waals surface area contributed by atoms with Crippen molar-refractivity contribution >= 4 is 23.1 Å². The summed E-state index contributed by atoms with van der Waals surface area (Å²) in [5.41, 5.74) is 1.39. The summed E-state index contributed by atoms with van der Waals surface area (Å²) in [5.74, 6) is 0.632. The Bertz CT molecular complexity index is 462. The highest BCUT2D eigenvalue weighted by Gasteiger charge is 2.17.